The van der Waals surface area contributed by atoms with Crippen LogP contribution < -0.4 is 0 Å². The summed E-state index contributed by atoms with van der Waals surface area (Å²) < 4.78 is 1.81. The summed E-state index contributed by atoms with van der Waals surface area (Å²) in [6, 6.07) is 1.84. The fourth-order valence-electron chi connectivity index (χ4n) is 0.815. The molecule has 10 heavy (non-hydrogen) atoms. The van der Waals surface area contributed by atoms with Crippen LogP contribution in [0.1, 0.15) is 0 Å². The Morgan fingerprint density at radius 1 is 1.40 bits per heavy atom. The lowest BCUT2D eigenvalue weighted by atomic mass is 10.7. The largest absolute Gasteiger partial charge is 0.279 e. The normalized spacial score (nSPS) is 10.5. The van der Waals surface area contributed by atoms with Crippen LogP contribution in [0.25, 0.3) is 5.78 Å². The Hall–Kier alpha value is -1.03. The maximum atomic E-state index is 4.16. The molecule has 2 heterocycles. The first kappa shape index (κ1) is 5.73. The summed E-state index contributed by atoms with van der Waals surface area (Å²) in [5.41, 5.74) is 0. The lowest BCUT2D eigenvalue weighted by Gasteiger charge is -1.89. The zero-order chi connectivity index (χ0) is 6.97. The Morgan fingerprint density at radius 3 is 3.10 bits per heavy atom. The second-order valence-electron chi connectivity index (χ2n) is 1.91. The Morgan fingerprint density at radius 2 is 2.30 bits per heavy atom. The Kier molecular flexibility index (Phi) is 1.14. The standard InChI is InChI=1S/C6H5N3S/c10-5-4-8-6-7-2-1-3-9(5)6/h1-4,10H. The molecule has 3 nitrogen and oxygen atoms in total. The first-order valence-corrected chi connectivity index (χ1v) is 3.30. The summed E-state index contributed by atoms with van der Waals surface area (Å²) in [4.78, 5) is 8.00. The van der Waals surface area contributed by atoms with Crippen molar-refractivity contribution in [1.82, 2.24) is 14.4 Å². The maximum absolute atomic E-state index is 4.16. The lowest BCUT2D eigenvalue weighted by Crippen LogP contribution is -1.85. The van der Waals surface area contributed by atoms with Gasteiger partial charge in [-0.25, -0.2) is 9.97 Å². The molecular weight excluding hydrogens is 146 g/mol. The molecule has 0 aromatic carbocycles. The van der Waals surface area contributed by atoms with Crippen molar-refractivity contribution >= 4 is 18.4 Å². The summed E-state index contributed by atoms with van der Waals surface area (Å²) in [6.45, 7) is 0. The molecular formula is C6H5N3S. The van der Waals surface area contributed by atoms with Crippen LogP contribution in [-0.2, 0) is 0 Å². The van der Waals surface area contributed by atoms with Gasteiger partial charge in [0, 0.05) is 12.4 Å². The van der Waals surface area contributed by atoms with E-state index in [0.717, 1.165) is 5.03 Å². The van der Waals surface area contributed by atoms with Gasteiger partial charge in [-0.2, -0.15) is 0 Å². The third-order valence-electron chi connectivity index (χ3n) is 1.27. The van der Waals surface area contributed by atoms with Crippen LogP contribution in [0.5, 0.6) is 0 Å². The predicted octanol–water partition coefficient (Wildman–Crippen LogP) is 1.02. The van der Waals surface area contributed by atoms with Gasteiger partial charge >= 0.3 is 0 Å². The van der Waals surface area contributed by atoms with Gasteiger partial charge in [-0.15, -0.1) is 12.6 Å². The average molecular weight is 151 g/mol. The van der Waals surface area contributed by atoms with Crippen LogP contribution in [-0.4, -0.2) is 14.4 Å². The van der Waals surface area contributed by atoms with Gasteiger partial charge in [-0.1, -0.05) is 0 Å². The number of nitrogens with zero attached hydrogens (tertiary/aromatic N) is 3. The third-order valence-corrected chi connectivity index (χ3v) is 1.60. The Balaban J connectivity index is 2.93. The first-order chi connectivity index (χ1) is 4.88. The monoisotopic (exact) mass is 151 g/mol. The number of aromatic nitrogens is 3. The smallest absolute Gasteiger partial charge is 0.234 e. The summed E-state index contributed by atoms with van der Waals surface area (Å²) in [5, 5.41) is 0.808. The van der Waals surface area contributed by atoms with Crippen molar-refractivity contribution in [3.05, 3.63) is 24.7 Å². The molecule has 0 saturated carbocycles. The molecule has 2 aromatic heterocycles. The van der Waals surface area contributed by atoms with Gasteiger partial charge < -0.3 is 0 Å². The van der Waals surface area contributed by atoms with Crippen molar-refractivity contribution in [3.8, 4) is 0 Å². The van der Waals surface area contributed by atoms with E-state index in [1.807, 2.05) is 16.7 Å². The minimum atomic E-state index is 0.688. The van der Waals surface area contributed by atoms with E-state index in [2.05, 4.69) is 22.6 Å². The van der Waals surface area contributed by atoms with Gasteiger partial charge in [0.15, 0.2) is 0 Å². The minimum Gasteiger partial charge on any atom is -0.279 e. The molecule has 0 saturated heterocycles. The molecule has 0 aliphatic heterocycles. The molecule has 0 spiro atoms. The Labute approximate surface area is 63.1 Å². The predicted molar refractivity (Wildman–Crippen MR) is 40.2 cm³/mol. The van der Waals surface area contributed by atoms with E-state index in [9.17, 15) is 0 Å². The van der Waals surface area contributed by atoms with E-state index >= 15 is 0 Å². The molecule has 0 radical (unpaired) electrons. The van der Waals surface area contributed by atoms with Crippen LogP contribution in [0, 0.1) is 0 Å². The van der Waals surface area contributed by atoms with E-state index in [0.29, 0.717) is 5.78 Å². The molecule has 4 heteroatoms. The van der Waals surface area contributed by atoms with E-state index in [1.165, 1.54) is 0 Å². The zero-order valence-corrected chi connectivity index (χ0v) is 5.99. The van der Waals surface area contributed by atoms with Gasteiger partial charge in [0.2, 0.25) is 5.78 Å². The average Bonchev–Trinajstić information content (AvgIpc) is 2.34. The summed E-state index contributed by atoms with van der Waals surface area (Å²) >= 11 is 4.16. The third kappa shape index (κ3) is 0.690. The van der Waals surface area contributed by atoms with Crippen LogP contribution in [0.3, 0.4) is 0 Å². The zero-order valence-electron chi connectivity index (χ0n) is 5.10. The van der Waals surface area contributed by atoms with Crippen molar-refractivity contribution in [2.75, 3.05) is 0 Å². The van der Waals surface area contributed by atoms with Crippen LogP contribution >= 0.6 is 12.6 Å². The van der Waals surface area contributed by atoms with E-state index in [-0.39, 0.29) is 0 Å². The van der Waals surface area contributed by atoms with Crippen LogP contribution in [0.15, 0.2) is 29.7 Å². The second kappa shape index (κ2) is 1.98. The number of thiol groups is 1. The maximum Gasteiger partial charge on any atom is 0.234 e. The van der Waals surface area contributed by atoms with E-state index in [1.54, 1.807) is 12.4 Å². The highest BCUT2D eigenvalue weighted by atomic mass is 32.1. The Bertz CT molecular complexity index is 355. The second-order valence-corrected chi connectivity index (χ2v) is 2.36. The van der Waals surface area contributed by atoms with Gasteiger partial charge in [0.05, 0.1) is 11.2 Å². The van der Waals surface area contributed by atoms with Crippen LogP contribution in [0.2, 0.25) is 0 Å². The molecule has 0 fully saturated rings. The number of imidazole rings is 1. The summed E-state index contributed by atoms with van der Waals surface area (Å²) in [6.07, 6.45) is 5.25. The SMILES string of the molecule is Sc1cnc2ncccn12. The first-order valence-electron chi connectivity index (χ1n) is 2.85. The van der Waals surface area contributed by atoms with Gasteiger partial charge in [-0.3, -0.25) is 4.40 Å². The minimum absolute atomic E-state index is 0.688. The molecule has 0 amide bonds. The molecule has 0 aliphatic carbocycles. The molecule has 0 unspecified atom stereocenters. The molecule has 2 aromatic rings. The molecule has 2 rings (SSSR count). The number of hydrogen-bond donors (Lipinski definition) is 1. The highest BCUT2D eigenvalue weighted by Crippen LogP contribution is 2.05. The molecule has 0 atom stereocenters. The summed E-state index contributed by atoms with van der Waals surface area (Å²) in [5.74, 6) is 0.688. The fourth-order valence-corrected chi connectivity index (χ4v) is 1.03. The molecule has 0 aliphatic rings. The van der Waals surface area contributed by atoms with Crippen LogP contribution in [0.4, 0.5) is 0 Å². The highest BCUT2D eigenvalue weighted by Gasteiger charge is 1.95. The van der Waals surface area contributed by atoms with Gasteiger partial charge in [-0.05, 0) is 6.07 Å². The van der Waals surface area contributed by atoms with Crippen molar-refractivity contribution in [1.29, 1.82) is 0 Å². The highest BCUT2D eigenvalue weighted by molar-refractivity contribution is 7.80. The van der Waals surface area contributed by atoms with Crippen molar-refractivity contribution < 1.29 is 0 Å². The summed E-state index contributed by atoms with van der Waals surface area (Å²) in [7, 11) is 0. The fraction of sp³-hybridized carbons (Fsp3) is 0. The quantitative estimate of drug-likeness (QED) is 0.570. The molecule has 0 bridgehead atoms. The van der Waals surface area contributed by atoms with E-state index in [4.69, 9.17) is 0 Å². The number of rotatable bonds is 0. The topological polar surface area (TPSA) is 30.2 Å². The number of hydrogen-bond acceptors (Lipinski definition) is 3. The molecule has 0 N–H and O–H groups in total. The van der Waals surface area contributed by atoms with Gasteiger partial charge in [0.25, 0.3) is 0 Å². The molecule has 50 valence electrons. The van der Waals surface area contributed by atoms with Gasteiger partial charge in [0.1, 0.15) is 0 Å². The van der Waals surface area contributed by atoms with Crippen molar-refractivity contribution in [3.63, 3.8) is 0 Å². The van der Waals surface area contributed by atoms with Crippen molar-refractivity contribution in [2.24, 2.45) is 0 Å². The number of fused-ring (bicyclic) bond motifs is 1. The lowest BCUT2D eigenvalue weighted by molar-refractivity contribution is 1.02. The van der Waals surface area contributed by atoms with E-state index < -0.39 is 0 Å². The van der Waals surface area contributed by atoms with Crippen molar-refractivity contribution in [2.45, 2.75) is 5.03 Å².